The minimum Gasteiger partial charge on any atom is -0.497 e. The molecular weight excluding hydrogens is 472 g/mol. The Morgan fingerprint density at radius 1 is 1.03 bits per heavy atom. The van der Waals surface area contributed by atoms with Gasteiger partial charge in [-0.2, -0.15) is 0 Å². The molecule has 2 aromatic heterocycles. The summed E-state index contributed by atoms with van der Waals surface area (Å²) >= 11 is 0. The van der Waals surface area contributed by atoms with Gasteiger partial charge in [0.25, 0.3) is 5.91 Å². The molecule has 9 heteroatoms. The third kappa shape index (κ3) is 4.84. The van der Waals surface area contributed by atoms with Gasteiger partial charge in [0.15, 0.2) is 0 Å². The van der Waals surface area contributed by atoms with Crippen molar-refractivity contribution in [2.75, 3.05) is 39.2 Å². The average Bonchev–Trinajstić information content (AvgIpc) is 3.51. The van der Waals surface area contributed by atoms with E-state index >= 15 is 0 Å². The number of nitrogens with one attached hydrogen (secondary N) is 1. The summed E-state index contributed by atoms with van der Waals surface area (Å²) in [6.45, 7) is 3.67. The van der Waals surface area contributed by atoms with E-state index in [1.165, 1.54) is 0 Å². The molecule has 0 unspecified atom stereocenters. The Morgan fingerprint density at radius 2 is 1.86 bits per heavy atom. The van der Waals surface area contributed by atoms with Crippen LogP contribution >= 0.6 is 0 Å². The van der Waals surface area contributed by atoms with Gasteiger partial charge in [-0.05, 0) is 48.9 Å². The third-order valence-electron chi connectivity index (χ3n) is 6.72. The standard InChI is InChI=1S/C28H30N4O5/c1-19-17-30(12-13-31(19)28(34)29-23-9-4-5-10-25(23)36-3)26(33)24-16-21-11-14-37-27(21)32(24)18-20-7-6-8-22(15-20)35-2/h4-11,14-16,19H,12-13,17-18H2,1-3H3,(H,29,34)/t19-/m0/s1. The minimum atomic E-state index is -0.219. The first-order chi connectivity index (χ1) is 18.0. The lowest BCUT2D eigenvalue weighted by molar-refractivity contribution is 0.0582. The number of ether oxygens (including phenoxy) is 2. The molecule has 2 aromatic carbocycles. The molecule has 192 valence electrons. The summed E-state index contributed by atoms with van der Waals surface area (Å²) < 4.78 is 18.3. The Morgan fingerprint density at radius 3 is 2.65 bits per heavy atom. The van der Waals surface area contributed by atoms with Crippen LogP contribution in [0.2, 0.25) is 0 Å². The van der Waals surface area contributed by atoms with Gasteiger partial charge in [0.2, 0.25) is 5.71 Å². The van der Waals surface area contributed by atoms with Crippen LogP contribution in [0.3, 0.4) is 0 Å². The molecule has 5 rings (SSSR count). The molecule has 1 aliphatic heterocycles. The van der Waals surface area contributed by atoms with Crippen molar-refractivity contribution in [2.24, 2.45) is 0 Å². The van der Waals surface area contributed by atoms with E-state index in [0.29, 0.717) is 49.0 Å². The second-order valence-electron chi connectivity index (χ2n) is 9.07. The number of hydrogen-bond acceptors (Lipinski definition) is 5. The number of anilines is 1. The van der Waals surface area contributed by atoms with E-state index in [0.717, 1.165) is 16.7 Å². The van der Waals surface area contributed by atoms with Crippen molar-refractivity contribution in [3.05, 3.63) is 78.2 Å². The zero-order valence-electron chi connectivity index (χ0n) is 21.1. The number of fused-ring (bicyclic) bond motifs is 1. The first-order valence-electron chi connectivity index (χ1n) is 12.2. The van der Waals surface area contributed by atoms with Gasteiger partial charge in [0, 0.05) is 31.1 Å². The predicted molar refractivity (Wildman–Crippen MR) is 140 cm³/mol. The lowest BCUT2D eigenvalue weighted by Gasteiger charge is -2.39. The van der Waals surface area contributed by atoms with E-state index < -0.39 is 0 Å². The molecule has 4 aromatic rings. The van der Waals surface area contributed by atoms with Gasteiger partial charge < -0.3 is 33.6 Å². The number of urea groups is 1. The van der Waals surface area contributed by atoms with Crippen LogP contribution in [0.5, 0.6) is 11.5 Å². The van der Waals surface area contributed by atoms with Crippen LogP contribution in [0.4, 0.5) is 10.5 Å². The van der Waals surface area contributed by atoms with E-state index in [-0.39, 0.29) is 18.0 Å². The molecule has 1 atom stereocenters. The van der Waals surface area contributed by atoms with Crippen LogP contribution in [0.1, 0.15) is 23.0 Å². The molecule has 0 radical (unpaired) electrons. The number of aromatic nitrogens is 1. The number of furan rings is 1. The second kappa shape index (κ2) is 10.3. The lowest BCUT2D eigenvalue weighted by atomic mass is 10.1. The number of rotatable bonds is 6. The Labute approximate surface area is 215 Å². The highest BCUT2D eigenvalue weighted by atomic mass is 16.5. The number of amides is 3. The zero-order chi connectivity index (χ0) is 25.9. The Bertz CT molecular complexity index is 1420. The van der Waals surface area contributed by atoms with Gasteiger partial charge in [-0.15, -0.1) is 0 Å². The number of carbonyl (C=O) groups is 2. The maximum Gasteiger partial charge on any atom is 0.322 e. The van der Waals surface area contributed by atoms with Crippen molar-refractivity contribution < 1.29 is 23.5 Å². The van der Waals surface area contributed by atoms with Crippen molar-refractivity contribution >= 4 is 28.7 Å². The summed E-state index contributed by atoms with van der Waals surface area (Å²) in [5, 5.41) is 3.80. The molecule has 0 spiro atoms. The fourth-order valence-electron chi connectivity index (χ4n) is 4.80. The molecule has 1 N–H and O–H groups in total. The van der Waals surface area contributed by atoms with Gasteiger partial charge in [-0.1, -0.05) is 24.3 Å². The Hall–Kier alpha value is -4.40. The average molecular weight is 503 g/mol. The first-order valence-corrected chi connectivity index (χ1v) is 12.2. The maximum absolute atomic E-state index is 13.7. The number of para-hydroxylation sites is 2. The van der Waals surface area contributed by atoms with E-state index in [2.05, 4.69) is 5.32 Å². The van der Waals surface area contributed by atoms with Crippen molar-refractivity contribution in [3.8, 4) is 11.5 Å². The van der Waals surface area contributed by atoms with Crippen LogP contribution < -0.4 is 14.8 Å². The molecule has 3 amide bonds. The highest BCUT2D eigenvalue weighted by molar-refractivity contribution is 5.98. The molecule has 37 heavy (non-hydrogen) atoms. The molecule has 0 saturated carbocycles. The van der Waals surface area contributed by atoms with Gasteiger partial charge >= 0.3 is 6.03 Å². The second-order valence-corrected chi connectivity index (χ2v) is 9.07. The molecule has 0 aliphatic carbocycles. The SMILES string of the molecule is COc1cccc(Cn2c(C(=O)N3CCN(C(=O)Nc4ccccc4OC)[C@@H](C)C3)cc3ccoc32)c1. The Kier molecular flexibility index (Phi) is 6.76. The van der Waals surface area contributed by atoms with Crippen LogP contribution in [-0.4, -0.2) is 66.2 Å². The quantitative estimate of drug-likeness (QED) is 0.414. The first kappa shape index (κ1) is 24.3. The normalized spacial score (nSPS) is 15.6. The van der Waals surface area contributed by atoms with Gasteiger partial charge in [-0.25, -0.2) is 4.79 Å². The minimum absolute atomic E-state index is 0.0917. The molecule has 9 nitrogen and oxygen atoms in total. The van der Waals surface area contributed by atoms with Gasteiger partial charge in [-0.3, -0.25) is 4.79 Å². The summed E-state index contributed by atoms with van der Waals surface area (Å²) in [6, 6.07) is 18.4. The van der Waals surface area contributed by atoms with Crippen LogP contribution in [0, 0.1) is 0 Å². The van der Waals surface area contributed by atoms with Crippen molar-refractivity contribution in [1.82, 2.24) is 14.4 Å². The number of nitrogens with zero attached hydrogens (tertiary/aromatic N) is 3. The third-order valence-corrected chi connectivity index (χ3v) is 6.72. The summed E-state index contributed by atoms with van der Waals surface area (Å²) in [5.74, 6) is 1.26. The molecule has 1 fully saturated rings. The zero-order valence-corrected chi connectivity index (χ0v) is 21.1. The van der Waals surface area contributed by atoms with Gasteiger partial charge in [0.1, 0.15) is 17.2 Å². The summed E-state index contributed by atoms with van der Waals surface area (Å²) in [4.78, 5) is 30.3. The molecule has 0 bridgehead atoms. The molecular formula is C28H30N4O5. The summed E-state index contributed by atoms with van der Waals surface area (Å²) in [7, 11) is 3.20. The molecule has 1 aliphatic rings. The number of methoxy groups -OCH3 is 2. The van der Waals surface area contributed by atoms with Crippen molar-refractivity contribution in [2.45, 2.75) is 19.5 Å². The van der Waals surface area contributed by atoms with Crippen LogP contribution in [0.25, 0.3) is 11.1 Å². The fraction of sp³-hybridized carbons (Fsp3) is 0.286. The highest BCUT2D eigenvalue weighted by Gasteiger charge is 2.32. The maximum atomic E-state index is 13.7. The predicted octanol–water partition coefficient (Wildman–Crippen LogP) is 4.68. The van der Waals surface area contributed by atoms with E-state index in [4.69, 9.17) is 13.9 Å². The van der Waals surface area contributed by atoms with Crippen LogP contribution in [0.15, 0.2) is 71.3 Å². The molecule has 1 saturated heterocycles. The number of benzene rings is 2. The lowest BCUT2D eigenvalue weighted by Crippen LogP contribution is -2.56. The van der Waals surface area contributed by atoms with E-state index in [1.807, 2.05) is 60.0 Å². The monoisotopic (exact) mass is 502 g/mol. The van der Waals surface area contributed by atoms with E-state index in [9.17, 15) is 9.59 Å². The fourth-order valence-corrected chi connectivity index (χ4v) is 4.80. The highest BCUT2D eigenvalue weighted by Crippen LogP contribution is 2.27. The van der Waals surface area contributed by atoms with Crippen molar-refractivity contribution in [1.29, 1.82) is 0 Å². The van der Waals surface area contributed by atoms with Gasteiger partial charge in [0.05, 0.1) is 32.7 Å². The van der Waals surface area contributed by atoms with Crippen LogP contribution in [-0.2, 0) is 6.54 Å². The van der Waals surface area contributed by atoms with E-state index in [1.54, 1.807) is 42.4 Å². The topological polar surface area (TPSA) is 89.2 Å². The smallest absolute Gasteiger partial charge is 0.322 e. The summed E-state index contributed by atoms with van der Waals surface area (Å²) in [6.07, 6.45) is 1.63. The number of hydrogen-bond donors (Lipinski definition) is 1. The largest absolute Gasteiger partial charge is 0.497 e. The number of piperazine rings is 1. The number of carbonyl (C=O) groups excluding carboxylic acids is 2. The van der Waals surface area contributed by atoms with Crippen molar-refractivity contribution in [3.63, 3.8) is 0 Å². The molecule has 3 heterocycles. The Balaban J connectivity index is 1.32. The summed E-state index contributed by atoms with van der Waals surface area (Å²) in [5.41, 5.74) is 2.80.